The fourth-order valence-corrected chi connectivity index (χ4v) is 5.72. The van der Waals surface area contributed by atoms with E-state index >= 15 is 0 Å². The molecule has 0 spiro atoms. The number of carbonyl (C=O) groups is 1. The smallest absolute Gasteiger partial charge is 0.273 e. The molecular weight excluding hydrogens is 398 g/mol. The number of hydrogen-bond acceptors (Lipinski definition) is 5. The van der Waals surface area contributed by atoms with Crippen molar-refractivity contribution in [3.63, 3.8) is 0 Å². The molecule has 1 N–H and O–H groups in total. The van der Waals surface area contributed by atoms with E-state index in [1.165, 1.54) is 20.9 Å². The van der Waals surface area contributed by atoms with E-state index in [0.717, 1.165) is 18.5 Å². The Balaban J connectivity index is 1.59. The van der Waals surface area contributed by atoms with Crippen LogP contribution < -0.4 is 5.43 Å². The summed E-state index contributed by atoms with van der Waals surface area (Å²) in [6.07, 6.45) is 7.61. The molecule has 1 amide bonds. The number of hydrazine groups is 1. The first kappa shape index (κ1) is 18.3. The van der Waals surface area contributed by atoms with Crippen molar-refractivity contribution in [2.45, 2.75) is 25.8 Å². The summed E-state index contributed by atoms with van der Waals surface area (Å²) in [6.45, 7) is 2.30. The Morgan fingerprint density at radius 3 is 2.66 bits per heavy atom. The number of pyridine rings is 1. The van der Waals surface area contributed by atoms with Crippen LogP contribution in [0.5, 0.6) is 0 Å². The van der Waals surface area contributed by atoms with Crippen molar-refractivity contribution in [1.82, 2.24) is 15.4 Å². The Morgan fingerprint density at radius 2 is 1.93 bits per heavy atom. The van der Waals surface area contributed by atoms with Gasteiger partial charge in [0.05, 0.1) is 5.70 Å². The molecule has 0 saturated carbocycles. The van der Waals surface area contributed by atoms with Gasteiger partial charge in [-0.05, 0) is 71.0 Å². The van der Waals surface area contributed by atoms with Gasteiger partial charge in [0.15, 0.2) is 0 Å². The second kappa shape index (κ2) is 7.61. The maximum Gasteiger partial charge on any atom is 0.273 e. The molecule has 0 radical (unpaired) electrons. The highest BCUT2D eigenvalue weighted by atomic mass is 32.1. The van der Waals surface area contributed by atoms with Gasteiger partial charge < -0.3 is 0 Å². The highest BCUT2D eigenvalue weighted by Crippen LogP contribution is 2.47. The number of amides is 1. The monoisotopic (exact) mass is 419 g/mol. The van der Waals surface area contributed by atoms with E-state index in [9.17, 15) is 4.79 Å². The molecule has 6 heteroatoms. The molecule has 146 valence electrons. The van der Waals surface area contributed by atoms with E-state index in [-0.39, 0.29) is 11.9 Å². The first-order chi connectivity index (χ1) is 14.2. The Bertz CT molecular complexity index is 1070. The summed E-state index contributed by atoms with van der Waals surface area (Å²) >= 11 is 3.44. The van der Waals surface area contributed by atoms with Crippen LogP contribution in [-0.2, 0) is 0 Å². The van der Waals surface area contributed by atoms with Crippen molar-refractivity contribution in [3.8, 4) is 0 Å². The summed E-state index contributed by atoms with van der Waals surface area (Å²) in [6, 6.07) is 11.9. The number of hydrogen-bond donors (Lipinski definition) is 1. The number of carbonyl (C=O) groups excluding carboxylic acids is 1. The lowest BCUT2D eigenvalue weighted by Gasteiger charge is -2.26. The average molecular weight is 420 g/mol. The largest absolute Gasteiger partial charge is 0.295 e. The molecular formula is C23H21N3OS2. The SMILES string of the molecule is C[C@@H]1CC2=C(NN(C(=O)c3ccncc3)[C@@H]2c2cccs2)/C(=C\c2cccs2)C1. The van der Waals surface area contributed by atoms with Crippen LogP contribution >= 0.6 is 22.7 Å². The van der Waals surface area contributed by atoms with E-state index in [0.29, 0.717) is 11.5 Å². The van der Waals surface area contributed by atoms with Crippen LogP contribution in [0.4, 0.5) is 0 Å². The molecule has 4 heterocycles. The zero-order valence-corrected chi connectivity index (χ0v) is 17.7. The molecule has 1 aliphatic heterocycles. The lowest BCUT2D eigenvalue weighted by atomic mass is 9.82. The predicted octanol–water partition coefficient (Wildman–Crippen LogP) is 5.67. The summed E-state index contributed by atoms with van der Waals surface area (Å²) in [5.74, 6) is 0.517. The van der Waals surface area contributed by atoms with Gasteiger partial charge in [0.2, 0.25) is 0 Å². The van der Waals surface area contributed by atoms with Gasteiger partial charge in [0, 0.05) is 27.7 Å². The predicted molar refractivity (Wildman–Crippen MR) is 118 cm³/mol. The zero-order chi connectivity index (χ0) is 19.8. The van der Waals surface area contributed by atoms with Crippen LogP contribution in [-0.4, -0.2) is 15.9 Å². The highest BCUT2D eigenvalue weighted by molar-refractivity contribution is 7.10. The average Bonchev–Trinajstić information content (AvgIpc) is 3.48. The molecule has 29 heavy (non-hydrogen) atoms. The van der Waals surface area contributed by atoms with Gasteiger partial charge in [-0.3, -0.25) is 15.2 Å². The summed E-state index contributed by atoms with van der Waals surface area (Å²) in [7, 11) is 0. The molecule has 0 unspecified atom stereocenters. The number of aromatic nitrogens is 1. The Hall–Kier alpha value is -2.70. The molecule has 3 aromatic rings. The molecule has 0 fully saturated rings. The third kappa shape index (κ3) is 3.43. The molecule has 2 aliphatic rings. The minimum absolute atomic E-state index is 0.0247. The van der Waals surface area contributed by atoms with E-state index < -0.39 is 0 Å². The van der Waals surface area contributed by atoms with Gasteiger partial charge in [-0.1, -0.05) is 19.1 Å². The standard InChI is InChI=1S/C23H21N3OS2/c1-15-12-17(14-18-4-2-10-28-18)21-19(13-15)22(20-5-3-11-29-20)26(25-21)23(27)16-6-8-24-9-7-16/h2-11,14-15,22,25H,12-13H2,1H3/b17-14-/t15-,22-/m0/s1. The molecule has 3 aromatic heterocycles. The normalized spacial score (nSPS) is 22.7. The fraction of sp³-hybridized carbons (Fsp3) is 0.217. The lowest BCUT2D eigenvalue weighted by molar-refractivity contribution is 0.0658. The number of nitrogens with zero attached hydrogens (tertiary/aromatic N) is 2. The molecule has 0 aromatic carbocycles. The minimum atomic E-state index is -0.0693. The number of nitrogens with one attached hydrogen (secondary N) is 1. The van der Waals surface area contributed by atoms with Crippen LogP contribution in [0.1, 0.15) is 45.9 Å². The molecule has 0 bridgehead atoms. The van der Waals surface area contributed by atoms with Gasteiger partial charge in [-0.25, -0.2) is 5.01 Å². The van der Waals surface area contributed by atoms with Crippen molar-refractivity contribution in [2.75, 3.05) is 0 Å². The van der Waals surface area contributed by atoms with Crippen molar-refractivity contribution < 1.29 is 4.79 Å². The third-order valence-corrected chi connectivity index (χ3v) is 7.16. The van der Waals surface area contributed by atoms with E-state index in [1.807, 2.05) is 5.01 Å². The van der Waals surface area contributed by atoms with E-state index in [4.69, 9.17) is 0 Å². The zero-order valence-electron chi connectivity index (χ0n) is 16.0. The molecule has 1 aliphatic carbocycles. The molecule has 4 nitrogen and oxygen atoms in total. The van der Waals surface area contributed by atoms with Crippen molar-refractivity contribution in [1.29, 1.82) is 0 Å². The van der Waals surface area contributed by atoms with Crippen molar-refractivity contribution in [2.24, 2.45) is 5.92 Å². The van der Waals surface area contributed by atoms with Gasteiger partial charge in [-0.2, -0.15) is 0 Å². The Morgan fingerprint density at radius 1 is 1.14 bits per heavy atom. The third-order valence-electron chi connectivity index (χ3n) is 5.42. The van der Waals surface area contributed by atoms with E-state index in [2.05, 4.69) is 58.4 Å². The van der Waals surface area contributed by atoms with Crippen molar-refractivity contribution >= 4 is 34.7 Å². The maximum absolute atomic E-state index is 13.4. The van der Waals surface area contributed by atoms with Gasteiger partial charge in [0.1, 0.15) is 6.04 Å². The van der Waals surface area contributed by atoms with Gasteiger partial charge in [0.25, 0.3) is 5.91 Å². The molecule has 5 rings (SSSR count). The first-order valence-corrected chi connectivity index (χ1v) is 11.5. The topological polar surface area (TPSA) is 45.2 Å². The summed E-state index contributed by atoms with van der Waals surface area (Å²) in [5, 5.41) is 5.99. The maximum atomic E-state index is 13.4. The van der Waals surface area contributed by atoms with Crippen LogP contribution in [0.15, 0.2) is 76.4 Å². The van der Waals surface area contributed by atoms with E-state index in [1.54, 1.807) is 47.2 Å². The van der Waals surface area contributed by atoms with Gasteiger partial charge in [-0.15, -0.1) is 22.7 Å². The first-order valence-electron chi connectivity index (χ1n) is 9.72. The van der Waals surface area contributed by atoms with Crippen LogP contribution in [0.25, 0.3) is 6.08 Å². The molecule has 2 atom stereocenters. The summed E-state index contributed by atoms with van der Waals surface area (Å²) in [4.78, 5) is 19.9. The molecule has 0 saturated heterocycles. The van der Waals surface area contributed by atoms with Crippen LogP contribution in [0, 0.1) is 5.92 Å². The Kier molecular flexibility index (Phi) is 4.81. The highest BCUT2D eigenvalue weighted by Gasteiger charge is 2.41. The second-order valence-corrected chi connectivity index (χ2v) is 9.50. The fourth-order valence-electron chi connectivity index (χ4n) is 4.19. The summed E-state index contributed by atoms with van der Waals surface area (Å²) < 4.78 is 0. The van der Waals surface area contributed by atoms with Crippen LogP contribution in [0.3, 0.4) is 0 Å². The van der Waals surface area contributed by atoms with Crippen molar-refractivity contribution in [3.05, 3.63) is 91.7 Å². The Labute approximate surface area is 178 Å². The number of thiophene rings is 2. The van der Waals surface area contributed by atoms with Crippen LogP contribution in [0.2, 0.25) is 0 Å². The lowest BCUT2D eigenvalue weighted by Crippen LogP contribution is -2.40. The summed E-state index contributed by atoms with van der Waals surface area (Å²) in [5.41, 5.74) is 7.87. The van der Waals surface area contributed by atoms with Gasteiger partial charge >= 0.3 is 0 Å². The minimum Gasteiger partial charge on any atom is -0.295 e. The number of rotatable bonds is 3. The second-order valence-electron chi connectivity index (χ2n) is 7.54. The quantitative estimate of drug-likeness (QED) is 0.595. The number of allylic oxidation sites excluding steroid dienone is 1.